The first-order valence-electron chi connectivity index (χ1n) is 1.11. The zero-order valence-corrected chi connectivity index (χ0v) is 4.71. The van der Waals surface area contributed by atoms with Crippen LogP contribution in [0.15, 0.2) is 0 Å². The fourth-order valence-electron chi connectivity index (χ4n) is 0. The van der Waals surface area contributed by atoms with Crippen LogP contribution in [0.2, 0.25) is 0 Å². The summed E-state index contributed by atoms with van der Waals surface area (Å²) in [6.07, 6.45) is 0. The van der Waals surface area contributed by atoms with Crippen molar-refractivity contribution in [1.29, 1.82) is 0 Å². The molecule has 0 unspecified atom stereocenters. The second-order valence-corrected chi connectivity index (χ2v) is 0.610. The Bertz CT molecular complexity index is 78.0. The van der Waals surface area contributed by atoms with Crippen molar-refractivity contribution < 1.29 is 19.8 Å². The number of carbonyl (C=O) groups is 2. The Balaban J connectivity index is -0.000000125. The number of aliphatic carboxylic acids is 2. The van der Waals surface area contributed by atoms with Gasteiger partial charge in [0.2, 0.25) is 0 Å². The predicted octanol–water partition coefficient (Wildman–Crippen LogP) is -1.61. The molecule has 0 heterocycles. The fraction of sp³-hybridized carbons (Fsp3) is 0. The molecule has 0 aromatic heterocycles. The van der Waals surface area contributed by atoms with E-state index in [-0.39, 0.29) is 37.7 Å². The maximum absolute atomic E-state index is 9.10. The molecule has 36 valence electrons. The molecule has 2 N–H and O–H groups in total. The molecule has 0 rings (SSSR count). The first-order valence-corrected chi connectivity index (χ1v) is 1.11. The van der Waals surface area contributed by atoms with Crippen LogP contribution in [0.25, 0.3) is 0 Å². The van der Waals surface area contributed by atoms with Crippen LogP contribution >= 0.6 is 0 Å². The molecule has 6 heteroatoms. The third kappa shape index (κ3) is 9.46. The van der Waals surface area contributed by atoms with Gasteiger partial charge in [-0.05, 0) is 0 Å². The van der Waals surface area contributed by atoms with E-state index in [4.69, 9.17) is 19.8 Å². The van der Waals surface area contributed by atoms with Gasteiger partial charge in [0.1, 0.15) is 0 Å². The van der Waals surface area contributed by atoms with Gasteiger partial charge < -0.3 is 10.2 Å². The van der Waals surface area contributed by atoms with Crippen LogP contribution in [-0.4, -0.2) is 59.9 Å². The first-order chi connectivity index (χ1) is 2.64. The van der Waals surface area contributed by atoms with E-state index in [2.05, 4.69) is 0 Å². The van der Waals surface area contributed by atoms with Crippen molar-refractivity contribution in [2.45, 2.75) is 0 Å². The van der Waals surface area contributed by atoms with Gasteiger partial charge >= 0.3 is 11.9 Å². The number of carboxylic acids is 2. The molecule has 0 amide bonds. The Morgan fingerprint density at radius 2 is 1.00 bits per heavy atom. The van der Waals surface area contributed by atoms with E-state index in [0.717, 1.165) is 0 Å². The molecule has 0 saturated carbocycles. The minimum absolute atomic E-state index is 0. The molecule has 4 nitrogen and oxygen atoms in total. The topological polar surface area (TPSA) is 74.6 Å². The van der Waals surface area contributed by atoms with Crippen LogP contribution < -0.4 is 0 Å². The largest absolute Gasteiger partial charge is 0.473 e. The molecule has 0 spiro atoms. The average molecular weight is 104 g/mol. The third-order valence-corrected chi connectivity index (χ3v) is 0.183. The van der Waals surface area contributed by atoms with Crippen LogP contribution in [0.3, 0.4) is 0 Å². The molecular weight excluding hydrogens is 102 g/mol. The van der Waals surface area contributed by atoms with Gasteiger partial charge in [0.15, 0.2) is 0 Å². The Kier molecular flexibility index (Phi) is 14.0. The monoisotopic (exact) mass is 104 g/mol. The van der Waals surface area contributed by atoms with E-state index in [1.54, 1.807) is 0 Å². The molecule has 0 aliphatic heterocycles. The van der Waals surface area contributed by atoms with Gasteiger partial charge in [0.25, 0.3) is 0 Å². The van der Waals surface area contributed by atoms with Gasteiger partial charge in [-0.3, -0.25) is 0 Å². The summed E-state index contributed by atoms with van der Waals surface area (Å²) in [4.78, 5) is 18.2. The quantitative estimate of drug-likeness (QED) is 0.286. The Morgan fingerprint density at radius 3 is 1.00 bits per heavy atom. The van der Waals surface area contributed by atoms with Gasteiger partial charge in [-0.2, -0.15) is 0 Å². The summed E-state index contributed by atoms with van der Waals surface area (Å²) in [5, 5.41) is 14.8. The summed E-state index contributed by atoms with van der Waals surface area (Å²) in [6, 6.07) is 0. The number of carboxylic acid groups (broad SMARTS) is 2. The molecule has 0 aromatic rings. The molecule has 0 atom stereocenters. The number of hydrogen-bond donors (Lipinski definition) is 2. The minimum Gasteiger partial charge on any atom is -0.473 e. The Hall–Kier alpha value is 0.135. The predicted molar refractivity (Wildman–Crippen MR) is 26.8 cm³/mol. The summed E-state index contributed by atoms with van der Waals surface area (Å²) in [7, 11) is 0. The maximum Gasteiger partial charge on any atom is 0.414 e. The Labute approximate surface area is 69.6 Å². The van der Waals surface area contributed by atoms with Crippen LogP contribution in [0, 0.1) is 0 Å². The number of rotatable bonds is 0. The van der Waals surface area contributed by atoms with E-state index in [1.807, 2.05) is 0 Å². The van der Waals surface area contributed by atoms with E-state index in [1.165, 1.54) is 0 Å². The molecule has 0 saturated heterocycles. The summed E-state index contributed by atoms with van der Waals surface area (Å²) < 4.78 is 0. The van der Waals surface area contributed by atoms with E-state index >= 15 is 0 Å². The van der Waals surface area contributed by atoms with Crippen molar-refractivity contribution in [3.63, 3.8) is 0 Å². The van der Waals surface area contributed by atoms with Crippen molar-refractivity contribution in [2.24, 2.45) is 0 Å². The van der Waals surface area contributed by atoms with Crippen LogP contribution in [0.5, 0.6) is 0 Å². The van der Waals surface area contributed by atoms with Crippen LogP contribution in [0.4, 0.5) is 0 Å². The molecule has 0 bridgehead atoms. The number of hydrogen-bond acceptors (Lipinski definition) is 2. The third-order valence-electron chi connectivity index (χ3n) is 0.183. The van der Waals surface area contributed by atoms with E-state index in [0.29, 0.717) is 0 Å². The SMILES string of the molecule is O=C(O)C(=O)O.[Li].[Li]. The molecule has 0 aromatic carbocycles. The van der Waals surface area contributed by atoms with Gasteiger partial charge in [0.05, 0.1) is 0 Å². The van der Waals surface area contributed by atoms with Crippen molar-refractivity contribution in [3.8, 4) is 0 Å². The summed E-state index contributed by atoms with van der Waals surface area (Å²) >= 11 is 0. The van der Waals surface area contributed by atoms with Gasteiger partial charge in [-0.1, -0.05) is 0 Å². The summed E-state index contributed by atoms with van der Waals surface area (Å²) in [5.74, 6) is -3.65. The van der Waals surface area contributed by atoms with Crippen molar-refractivity contribution >= 4 is 49.7 Å². The van der Waals surface area contributed by atoms with E-state index < -0.39 is 11.9 Å². The zero-order chi connectivity index (χ0) is 5.15. The van der Waals surface area contributed by atoms with Crippen LogP contribution in [0.1, 0.15) is 0 Å². The van der Waals surface area contributed by atoms with Gasteiger partial charge in [-0.25, -0.2) is 9.59 Å². The van der Waals surface area contributed by atoms with Crippen LogP contribution in [-0.2, 0) is 9.59 Å². The molecule has 2 radical (unpaired) electrons. The molecule has 0 aliphatic carbocycles. The average Bonchev–Trinajstić information content (AvgIpc) is 1.36. The molecule has 0 aliphatic rings. The fourth-order valence-corrected chi connectivity index (χ4v) is 0. The standard InChI is InChI=1S/C2H2O4.2Li/c3-1(4)2(5)6;;/h(H,3,4)(H,5,6);;. The molecule has 0 fully saturated rings. The second-order valence-electron chi connectivity index (χ2n) is 0.610. The van der Waals surface area contributed by atoms with Crippen molar-refractivity contribution in [3.05, 3.63) is 0 Å². The molecule has 8 heavy (non-hydrogen) atoms. The Morgan fingerprint density at radius 1 is 0.875 bits per heavy atom. The second kappa shape index (κ2) is 7.13. The van der Waals surface area contributed by atoms with Gasteiger partial charge in [-0.15, -0.1) is 0 Å². The normalized spacial score (nSPS) is 5.50. The smallest absolute Gasteiger partial charge is 0.414 e. The first kappa shape index (κ1) is 15.7. The van der Waals surface area contributed by atoms with E-state index in [9.17, 15) is 0 Å². The summed E-state index contributed by atoms with van der Waals surface area (Å²) in [5.41, 5.74) is 0. The van der Waals surface area contributed by atoms with Crippen molar-refractivity contribution in [1.82, 2.24) is 0 Å². The van der Waals surface area contributed by atoms with Gasteiger partial charge in [0, 0.05) is 37.7 Å². The maximum atomic E-state index is 9.10. The zero-order valence-electron chi connectivity index (χ0n) is 4.71. The summed E-state index contributed by atoms with van der Waals surface area (Å²) in [6.45, 7) is 0. The molecular formula is C2H2Li2O4. The minimum atomic E-state index is -1.82. The van der Waals surface area contributed by atoms with Crippen molar-refractivity contribution in [2.75, 3.05) is 0 Å².